The smallest absolute Gasteiger partial charge is 0.475 e. The number of carboxylic acids is 1. The van der Waals surface area contributed by atoms with Crippen molar-refractivity contribution in [2.75, 3.05) is 25.0 Å². The number of hydrogen-bond acceptors (Lipinski definition) is 4. The lowest BCUT2D eigenvalue weighted by Gasteiger charge is -2.22. The number of aromatic nitrogens is 2. The van der Waals surface area contributed by atoms with Gasteiger partial charge in [-0.15, -0.1) is 0 Å². The average Bonchev–Trinajstić information content (AvgIpc) is 3.34. The Bertz CT molecular complexity index is 956. The summed E-state index contributed by atoms with van der Waals surface area (Å²) in [6.45, 7) is 5.23. The van der Waals surface area contributed by atoms with Gasteiger partial charge in [-0.1, -0.05) is 0 Å². The molecule has 4 rings (SSSR count). The molecular weight excluding hydrogens is 446 g/mol. The number of carboxylic acid groups (broad SMARTS) is 1. The van der Waals surface area contributed by atoms with Gasteiger partial charge in [0.2, 0.25) is 0 Å². The standard InChI is InChI=1S/C19H24FN5O.C2HF3O2/c20-15-4-6-16(7-5-15)22-19(26)24-10-3-11-25-14-21-17(18(25)13-24)12-23-8-1-2-9-23;3-2(4,5)1(6)7/h4-7,14H,1-3,8-13H2,(H,22,26);(H,6,7). The Labute approximate surface area is 187 Å². The Kier molecular flexibility index (Phi) is 7.90. The van der Waals surface area contributed by atoms with Crippen LogP contribution in [0.5, 0.6) is 0 Å². The highest BCUT2D eigenvalue weighted by atomic mass is 19.4. The lowest BCUT2D eigenvalue weighted by Crippen LogP contribution is -2.35. The van der Waals surface area contributed by atoms with Crippen LogP contribution in [0.1, 0.15) is 30.7 Å². The molecular formula is C21H25F4N5O3. The van der Waals surface area contributed by atoms with Crippen LogP contribution in [0.25, 0.3) is 0 Å². The van der Waals surface area contributed by atoms with Gasteiger partial charge in [0.15, 0.2) is 0 Å². The molecule has 2 aliphatic rings. The molecule has 1 saturated heterocycles. The molecule has 2 amide bonds. The topological polar surface area (TPSA) is 90.7 Å². The van der Waals surface area contributed by atoms with E-state index in [2.05, 4.69) is 19.8 Å². The largest absolute Gasteiger partial charge is 0.490 e. The summed E-state index contributed by atoms with van der Waals surface area (Å²) < 4.78 is 47.0. The Hall–Kier alpha value is -3.15. The van der Waals surface area contributed by atoms with E-state index >= 15 is 0 Å². The zero-order valence-electron chi connectivity index (χ0n) is 17.8. The second-order valence-corrected chi connectivity index (χ2v) is 7.83. The van der Waals surface area contributed by atoms with Crippen molar-refractivity contribution in [2.24, 2.45) is 0 Å². The average molecular weight is 471 g/mol. The second-order valence-electron chi connectivity index (χ2n) is 7.83. The number of carbonyl (C=O) groups is 2. The summed E-state index contributed by atoms with van der Waals surface area (Å²) in [6.07, 6.45) is 0.218. The molecule has 0 saturated carbocycles. The van der Waals surface area contributed by atoms with Gasteiger partial charge < -0.3 is 19.9 Å². The molecule has 12 heteroatoms. The number of nitrogens with one attached hydrogen (secondary N) is 1. The molecule has 33 heavy (non-hydrogen) atoms. The number of alkyl halides is 3. The lowest BCUT2D eigenvalue weighted by atomic mass is 10.2. The minimum Gasteiger partial charge on any atom is -0.475 e. The molecule has 1 fully saturated rings. The normalized spacial score (nSPS) is 16.4. The summed E-state index contributed by atoms with van der Waals surface area (Å²) in [5.41, 5.74) is 2.81. The van der Waals surface area contributed by atoms with Gasteiger partial charge in [0, 0.05) is 25.3 Å². The van der Waals surface area contributed by atoms with Crippen LogP contribution in [0.15, 0.2) is 30.6 Å². The number of urea groups is 1. The number of rotatable bonds is 3. The summed E-state index contributed by atoms with van der Waals surface area (Å²) in [4.78, 5) is 30.4. The third-order valence-electron chi connectivity index (χ3n) is 5.40. The van der Waals surface area contributed by atoms with Crippen LogP contribution in [-0.2, 0) is 24.4 Å². The van der Waals surface area contributed by atoms with Crippen LogP contribution < -0.4 is 5.32 Å². The SMILES string of the molecule is O=C(Nc1ccc(F)cc1)N1CCCn2cnc(CN3CCCC3)c2C1.O=C(O)C(F)(F)F. The van der Waals surface area contributed by atoms with E-state index in [1.807, 2.05) is 11.2 Å². The number of benzene rings is 1. The fourth-order valence-corrected chi connectivity index (χ4v) is 3.71. The molecule has 3 heterocycles. The molecule has 0 unspecified atom stereocenters. The highest BCUT2D eigenvalue weighted by Crippen LogP contribution is 2.20. The van der Waals surface area contributed by atoms with Crippen molar-refractivity contribution in [2.45, 2.75) is 45.1 Å². The number of nitrogens with zero attached hydrogens (tertiary/aromatic N) is 4. The van der Waals surface area contributed by atoms with Crippen LogP contribution in [0, 0.1) is 5.82 Å². The van der Waals surface area contributed by atoms with Gasteiger partial charge in [0.05, 0.1) is 24.3 Å². The van der Waals surface area contributed by atoms with Gasteiger partial charge in [0.1, 0.15) is 5.82 Å². The van der Waals surface area contributed by atoms with Gasteiger partial charge in [-0.05, 0) is 56.6 Å². The van der Waals surface area contributed by atoms with Crippen molar-refractivity contribution < 1.29 is 32.3 Å². The maximum atomic E-state index is 13.0. The molecule has 2 aromatic rings. The molecule has 1 aromatic heterocycles. The Morgan fingerprint density at radius 2 is 1.67 bits per heavy atom. The van der Waals surface area contributed by atoms with Gasteiger partial charge >= 0.3 is 18.2 Å². The number of imidazole rings is 1. The predicted octanol–water partition coefficient (Wildman–Crippen LogP) is 3.69. The van der Waals surface area contributed by atoms with Crippen molar-refractivity contribution in [1.82, 2.24) is 19.4 Å². The number of aryl methyl sites for hydroxylation is 1. The number of halogens is 4. The first kappa shape index (κ1) is 24.5. The minimum atomic E-state index is -5.08. The van der Waals surface area contributed by atoms with E-state index in [4.69, 9.17) is 9.90 Å². The highest BCUT2D eigenvalue weighted by molar-refractivity contribution is 5.89. The van der Waals surface area contributed by atoms with E-state index in [1.54, 1.807) is 12.1 Å². The first-order chi connectivity index (χ1) is 15.6. The van der Waals surface area contributed by atoms with E-state index in [0.717, 1.165) is 44.0 Å². The van der Waals surface area contributed by atoms with Gasteiger partial charge in [-0.3, -0.25) is 4.90 Å². The Morgan fingerprint density at radius 3 is 2.27 bits per heavy atom. The highest BCUT2D eigenvalue weighted by Gasteiger charge is 2.38. The molecule has 180 valence electrons. The van der Waals surface area contributed by atoms with Crippen molar-refractivity contribution in [3.63, 3.8) is 0 Å². The zero-order chi connectivity index (χ0) is 24.0. The van der Waals surface area contributed by atoms with E-state index < -0.39 is 12.1 Å². The molecule has 1 aromatic carbocycles. The van der Waals surface area contributed by atoms with Crippen LogP contribution >= 0.6 is 0 Å². The number of aliphatic carboxylic acids is 1. The van der Waals surface area contributed by atoms with Gasteiger partial charge in [-0.25, -0.2) is 19.0 Å². The molecule has 0 radical (unpaired) electrons. The maximum Gasteiger partial charge on any atom is 0.490 e. The predicted molar refractivity (Wildman–Crippen MR) is 111 cm³/mol. The van der Waals surface area contributed by atoms with Crippen molar-refractivity contribution in [1.29, 1.82) is 0 Å². The number of carbonyl (C=O) groups excluding carboxylic acids is 1. The van der Waals surface area contributed by atoms with Crippen molar-refractivity contribution in [3.05, 3.63) is 47.8 Å². The number of amides is 2. The third kappa shape index (κ3) is 6.91. The lowest BCUT2D eigenvalue weighted by molar-refractivity contribution is -0.192. The van der Waals surface area contributed by atoms with Gasteiger partial charge in [0.25, 0.3) is 0 Å². The van der Waals surface area contributed by atoms with E-state index in [-0.39, 0.29) is 11.8 Å². The first-order valence-corrected chi connectivity index (χ1v) is 10.5. The second kappa shape index (κ2) is 10.6. The van der Waals surface area contributed by atoms with E-state index in [0.29, 0.717) is 18.8 Å². The minimum absolute atomic E-state index is 0.154. The fraction of sp³-hybridized carbons (Fsp3) is 0.476. The first-order valence-electron chi connectivity index (χ1n) is 10.5. The molecule has 8 nitrogen and oxygen atoms in total. The molecule has 2 aliphatic heterocycles. The van der Waals surface area contributed by atoms with Crippen LogP contribution in [0.4, 0.5) is 28.0 Å². The third-order valence-corrected chi connectivity index (χ3v) is 5.40. The summed E-state index contributed by atoms with van der Waals surface area (Å²) in [5.74, 6) is -3.07. The fourth-order valence-electron chi connectivity index (χ4n) is 3.71. The summed E-state index contributed by atoms with van der Waals surface area (Å²) >= 11 is 0. The van der Waals surface area contributed by atoms with Crippen LogP contribution in [0.3, 0.4) is 0 Å². The Balaban J connectivity index is 0.000000383. The van der Waals surface area contributed by atoms with Crippen LogP contribution in [0.2, 0.25) is 0 Å². The van der Waals surface area contributed by atoms with Crippen LogP contribution in [-0.4, -0.2) is 62.3 Å². The monoisotopic (exact) mass is 471 g/mol. The quantitative estimate of drug-likeness (QED) is 0.667. The number of fused-ring (bicyclic) bond motifs is 1. The van der Waals surface area contributed by atoms with Crippen molar-refractivity contribution >= 4 is 17.7 Å². The maximum absolute atomic E-state index is 13.0. The molecule has 0 aliphatic carbocycles. The summed E-state index contributed by atoms with van der Waals surface area (Å²) in [7, 11) is 0. The van der Waals surface area contributed by atoms with Crippen molar-refractivity contribution in [3.8, 4) is 0 Å². The van der Waals surface area contributed by atoms with Gasteiger partial charge in [-0.2, -0.15) is 13.2 Å². The number of anilines is 1. The number of likely N-dealkylation sites (tertiary alicyclic amines) is 1. The summed E-state index contributed by atoms with van der Waals surface area (Å²) in [6, 6.07) is 5.70. The molecule has 0 bridgehead atoms. The molecule has 2 N–H and O–H groups in total. The molecule has 0 atom stereocenters. The molecule has 0 spiro atoms. The number of hydrogen-bond donors (Lipinski definition) is 2. The van der Waals surface area contributed by atoms with E-state index in [1.165, 1.54) is 25.0 Å². The summed E-state index contributed by atoms with van der Waals surface area (Å²) in [5, 5.41) is 9.99. The Morgan fingerprint density at radius 1 is 1.03 bits per heavy atom. The zero-order valence-corrected chi connectivity index (χ0v) is 17.8. The van der Waals surface area contributed by atoms with E-state index in [9.17, 15) is 22.4 Å².